The molecule has 3 nitrogen and oxygen atoms in total. The highest BCUT2D eigenvalue weighted by atomic mass is 15.2. The van der Waals surface area contributed by atoms with Crippen molar-refractivity contribution in [1.82, 2.24) is 4.98 Å². The smallest absolute Gasteiger partial charge is 0.147 e. The van der Waals surface area contributed by atoms with Crippen LogP contribution in [-0.2, 0) is 12.8 Å². The van der Waals surface area contributed by atoms with Crippen LogP contribution in [0.4, 0.5) is 5.82 Å². The molecule has 3 heteroatoms. The SMILES string of the molecule is CC1CCCN(c2nc3c(cc2C#N)CCC3)C1C. The third-order valence-corrected chi connectivity index (χ3v) is 4.80. The van der Waals surface area contributed by atoms with Crippen molar-refractivity contribution in [1.29, 1.82) is 5.26 Å². The predicted octanol–water partition coefficient (Wildman–Crippen LogP) is 3.07. The topological polar surface area (TPSA) is 39.9 Å². The Labute approximate surface area is 115 Å². The first-order chi connectivity index (χ1) is 9.20. The van der Waals surface area contributed by atoms with Crippen molar-refractivity contribution in [2.75, 3.05) is 11.4 Å². The lowest BCUT2D eigenvalue weighted by Crippen LogP contribution is -2.43. The minimum absolute atomic E-state index is 0.479. The number of anilines is 1. The molecule has 2 unspecified atom stereocenters. The zero-order valence-electron chi connectivity index (χ0n) is 11.8. The first-order valence-corrected chi connectivity index (χ1v) is 7.40. The second-order valence-electron chi connectivity index (χ2n) is 5.98. The minimum Gasteiger partial charge on any atom is -0.353 e. The summed E-state index contributed by atoms with van der Waals surface area (Å²) in [5, 5.41) is 9.42. The fourth-order valence-electron chi connectivity index (χ4n) is 3.40. The molecule has 2 heterocycles. The second-order valence-corrected chi connectivity index (χ2v) is 5.98. The number of nitriles is 1. The largest absolute Gasteiger partial charge is 0.353 e. The van der Waals surface area contributed by atoms with E-state index in [1.165, 1.54) is 30.5 Å². The van der Waals surface area contributed by atoms with Crippen molar-refractivity contribution in [3.63, 3.8) is 0 Å². The molecule has 1 aromatic rings. The Kier molecular flexibility index (Phi) is 3.18. The van der Waals surface area contributed by atoms with E-state index in [-0.39, 0.29) is 0 Å². The van der Waals surface area contributed by atoms with Crippen LogP contribution in [0.1, 0.15) is 49.9 Å². The summed E-state index contributed by atoms with van der Waals surface area (Å²) in [5.41, 5.74) is 3.28. The molecule has 0 aromatic carbocycles. The maximum Gasteiger partial charge on any atom is 0.147 e. The third kappa shape index (κ3) is 2.10. The van der Waals surface area contributed by atoms with E-state index < -0.39 is 0 Å². The molecule has 1 aliphatic heterocycles. The van der Waals surface area contributed by atoms with E-state index in [2.05, 4.69) is 30.9 Å². The lowest BCUT2D eigenvalue weighted by molar-refractivity contribution is 0.361. The molecule has 19 heavy (non-hydrogen) atoms. The van der Waals surface area contributed by atoms with Gasteiger partial charge in [0.1, 0.15) is 11.9 Å². The van der Waals surface area contributed by atoms with Crippen LogP contribution in [0.5, 0.6) is 0 Å². The Balaban J connectivity index is 2.02. The van der Waals surface area contributed by atoms with Crippen LogP contribution in [0, 0.1) is 17.2 Å². The molecule has 100 valence electrons. The Morgan fingerprint density at radius 2 is 2.16 bits per heavy atom. The number of piperidine rings is 1. The summed E-state index contributed by atoms with van der Waals surface area (Å²) in [6, 6.07) is 4.91. The van der Waals surface area contributed by atoms with E-state index in [9.17, 15) is 5.26 Å². The number of hydrogen-bond acceptors (Lipinski definition) is 3. The van der Waals surface area contributed by atoms with E-state index >= 15 is 0 Å². The zero-order chi connectivity index (χ0) is 13.4. The Morgan fingerprint density at radius 3 is 2.95 bits per heavy atom. The monoisotopic (exact) mass is 255 g/mol. The highest BCUT2D eigenvalue weighted by Crippen LogP contribution is 2.32. The van der Waals surface area contributed by atoms with E-state index in [1.807, 2.05) is 0 Å². The van der Waals surface area contributed by atoms with Crippen molar-refractivity contribution in [3.05, 3.63) is 22.9 Å². The summed E-state index contributed by atoms with van der Waals surface area (Å²) in [5.74, 6) is 1.61. The summed E-state index contributed by atoms with van der Waals surface area (Å²) >= 11 is 0. The van der Waals surface area contributed by atoms with E-state index in [1.54, 1.807) is 0 Å². The van der Waals surface area contributed by atoms with Crippen molar-refractivity contribution in [2.24, 2.45) is 5.92 Å². The van der Waals surface area contributed by atoms with Gasteiger partial charge >= 0.3 is 0 Å². The molecule has 0 saturated carbocycles. The summed E-state index contributed by atoms with van der Waals surface area (Å²) in [6.45, 7) is 5.60. The normalized spacial score (nSPS) is 26.1. The molecule has 1 saturated heterocycles. The molecule has 3 rings (SSSR count). The predicted molar refractivity (Wildman–Crippen MR) is 76.2 cm³/mol. The number of pyridine rings is 1. The maximum absolute atomic E-state index is 9.42. The first-order valence-electron chi connectivity index (χ1n) is 7.40. The molecule has 1 aliphatic carbocycles. The third-order valence-electron chi connectivity index (χ3n) is 4.80. The zero-order valence-corrected chi connectivity index (χ0v) is 11.8. The summed E-state index contributed by atoms with van der Waals surface area (Å²) in [7, 11) is 0. The fourth-order valence-corrected chi connectivity index (χ4v) is 3.40. The second kappa shape index (κ2) is 4.85. The van der Waals surface area contributed by atoms with Gasteiger partial charge in [0.15, 0.2) is 0 Å². The molecule has 0 spiro atoms. The van der Waals surface area contributed by atoms with Gasteiger partial charge in [0.05, 0.1) is 5.56 Å². The lowest BCUT2D eigenvalue weighted by Gasteiger charge is -2.39. The van der Waals surface area contributed by atoms with E-state index in [4.69, 9.17) is 4.98 Å². The molecule has 2 atom stereocenters. The molecule has 0 radical (unpaired) electrons. The first kappa shape index (κ1) is 12.5. The number of aromatic nitrogens is 1. The minimum atomic E-state index is 0.479. The van der Waals surface area contributed by atoms with Gasteiger partial charge in [-0.25, -0.2) is 4.98 Å². The van der Waals surface area contributed by atoms with Crippen molar-refractivity contribution >= 4 is 5.82 Å². The van der Waals surface area contributed by atoms with Crippen molar-refractivity contribution in [2.45, 2.75) is 52.0 Å². The molecule has 0 bridgehead atoms. The van der Waals surface area contributed by atoms with Gasteiger partial charge in [0.2, 0.25) is 0 Å². The number of nitrogens with zero attached hydrogens (tertiary/aromatic N) is 3. The molecular weight excluding hydrogens is 234 g/mol. The van der Waals surface area contributed by atoms with Gasteiger partial charge in [-0.05, 0) is 56.6 Å². The highest BCUT2D eigenvalue weighted by Gasteiger charge is 2.28. The molecule has 1 aromatic heterocycles. The molecule has 0 N–H and O–H groups in total. The fraction of sp³-hybridized carbons (Fsp3) is 0.625. The lowest BCUT2D eigenvalue weighted by atomic mass is 9.91. The van der Waals surface area contributed by atoms with Gasteiger partial charge in [0, 0.05) is 18.3 Å². The molecule has 0 amide bonds. The Bertz CT molecular complexity index is 530. The number of aryl methyl sites for hydroxylation is 2. The Morgan fingerprint density at radius 1 is 1.32 bits per heavy atom. The average molecular weight is 255 g/mol. The maximum atomic E-state index is 9.42. The Hall–Kier alpha value is -1.56. The number of rotatable bonds is 1. The van der Waals surface area contributed by atoms with Gasteiger partial charge < -0.3 is 4.90 Å². The average Bonchev–Trinajstić information content (AvgIpc) is 2.87. The van der Waals surface area contributed by atoms with Gasteiger partial charge in [0.25, 0.3) is 0 Å². The van der Waals surface area contributed by atoms with E-state index in [0.29, 0.717) is 12.0 Å². The molecular formula is C16H21N3. The molecule has 1 fully saturated rings. The quantitative estimate of drug-likeness (QED) is 0.774. The molecule has 2 aliphatic rings. The number of hydrogen-bond donors (Lipinski definition) is 0. The highest BCUT2D eigenvalue weighted by molar-refractivity contribution is 5.57. The standard InChI is InChI=1S/C16H21N3/c1-11-5-4-8-19(12(11)2)16-14(10-17)9-13-6-3-7-15(13)18-16/h9,11-12H,3-8H2,1-2H3. The van der Waals surface area contributed by atoms with Crippen LogP contribution < -0.4 is 4.90 Å². The van der Waals surface area contributed by atoms with Gasteiger partial charge in [-0.3, -0.25) is 0 Å². The van der Waals surface area contributed by atoms with Crippen LogP contribution in [0.3, 0.4) is 0 Å². The summed E-state index contributed by atoms with van der Waals surface area (Å²) in [6.07, 6.45) is 5.83. The van der Waals surface area contributed by atoms with Crippen LogP contribution in [-0.4, -0.2) is 17.6 Å². The van der Waals surface area contributed by atoms with Gasteiger partial charge in [-0.2, -0.15) is 5.26 Å². The van der Waals surface area contributed by atoms with Gasteiger partial charge in [-0.15, -0.1) is 0 Å². The van der Waals surface area contributed by atoms with Crippen LogP contribution in [0.2, 0.25) is 0 Å². The van der Waals surface area contributed by atoms with Crippen LogP contribution in [0.25, 0.3) is 0 Å². The summed E-state index contributed by atoms with van der Waals surface area (Å²) in [4.78, 5) is 7.19. The van der Waals surface area contributed by atoms with Crippen molar-refractivity contribution < 1.29 is 0 Å². The van der Waals surface area contributed by atoms with Gasteiger partial charge in [-0.1, -0.05) is 6.92 Å². The van der Waals surface area contributed by atoms with Crippen LogP contribution >= 0.6 is 0 Å². The number of fused-ring (bicyclic) bond motifs is 1. The van der Waals surface area contributed by atoms with E-state index in [0.717, 1.165) is 30.8 Å². The van der Waals surface area contributed by atoms with Crippen molar-refractivity contribution in [3.8, 4) is 6.07 Å². The summed E-state index contributed by atoms with van der Waals surface area (Å²) < 4.78 is 0. The van der Waals surface area contributed by atoms with Crippen LogP contribution in [0.15, 0.2) is 6.07 Å².